The Morgan fingerprint density at radius 1 is 1.50 bits per heavy atom. The minimum absolute atomic E-state index is 0.0703. The summed E-state index contributed by atoms with van der Waals surface area (Å²) in [7, 11) is -3.14. The normalized spacial score (nSPS) is 13.9. The van der Waals surface area contributed by atoms with Crippen LogP contribution in [0.15, 0.2) is 12.7 Å². The van der Waals surface area contributed by atoms with E-state index in [0.717, 1.165) is 6.54 Å². The fourth-order valence-corrected chi connectivity index (χ4v) is 2.29. The van der Waals surface area contributed by atoms with Gasteiger partial charge in [-0.3, -0.25) is 0 Å². The van der Waals surface area contributed by atoms with Crippen LogP contribution in [0.25, 0.3) is 0 Å². The topological polar surface area (TPSA) is 58.2 Å². The summed E-state index contributed by atoms with van der Waals surface area (Å²) < 4.78 is 25.4. The van der Waals surface area contributed by atoms with Crippen molar-refractivity contribution in [3.8, 4) is 0 Å². The van der Waals surface area contributed by atoms with E-state index in [0.29, 0.717) is 13.0 Å². The van der Waals surface area contributed by atoms with E-state index in [-0.39, 0.29) is 11.8 Å². The Kier molecular flexibility index (Phi) is 6.78. The van der Waals surface area contributed by atoms with Crippen LogP contribution in [0.1, 0.15) is 20.3 Å². The van der Waals surface area contributed by atoms with Crippen molar-refractivity contribution in [3.63, 3.8) is 0 Å². The summed E-state index contributed by atoms with van der Waals surface area (Å²) in [4.78, 5) is 0. The van der Waals surface area contributed by atoms with E-state index in [1.165, 1.54) is 0 Å². The number of hydrogen-bond acceptors (Lipinski definition) is 3. The van der Waals surface area contributed by atoms with Crippen molar-refractivity contribution in [2.45, 2.75) is 26.3 Å². The summed E-state index contributed by atoms with van der Waals surface area (Å²) in [5.74, 6) is 0.127. The molecule has 84 valence electrons. The molecule has 0 rings (SSSR count). The van der Waals surface area contributed by atoms with Crippen LogP contribution in [0.4, 0.5) is 0 Å². The molecule has 14 heavy (non-hydrogen) atoms. The van der Waals surface area contributed by atoms with Gasteiger partial charge in [-0.1, -0.05) is 13.0 Å². The van der Waals surface area contributed by atoms with Gasteiger partial charge in [0.25, 0.3) is 0 Å². The predicted octanol–water partition coefficient (Wildman–Crippen LogP) is 0.480. The highest BCUT2D eigenvalue weighted by Gasteiger charge is 2.12. The number of rotatable bonds is 8. The van der Waals surface area contributed by atoms with Crippen molar-refractivity contribution in [2.75, 3.05) is 18.8 Å². The molecule has 0 aliphatic rings. The Bertz CT molecular complexity index is 250. The molecule has 0 aliphatic carbocycles. The van der Waals surface area contributed by atoms with Gasteiger partial charge in [0.2, 0.25) is 10.0 Å². The second kappa shape index (κ2) is 6.98. The maximum Gasteiger partial charge on any atom is 0.213 e. The van der Waals surface area contributed by atoms with E-state index in [1.54, 1.807) is 6.08 Å². The highest BCUT2D eigenvalue weighted by molar-refractivity contribution is 7.89. The highest BCUT2D eigenvalue weighted by Crippen LogP contribution is 1.94. The van der Waals surface area contributed by atoms with Crippen molar-refractivity contribution in [1.82, 2.24) is 10.0 Å². The molecule has 0 radical (unpaired) electrons. The van der Waals surface area contributed by atoms with Crippen molar-refractivity contribution in [2.24, 2.45) is 0 Å². The lowest BCUT2D eigenvalue weighted by molar-refractivity contribution is 0.559. The molecule has 0 aromatic rings. The molecular formula is C9H20N2O2S. The predicted molar refractivity (Wildman–Crippen MR) is 59.7 cm³/mol. The quantitative estimate of drug-likeness (QED) is 0.462. The van der Waals surface area contributed by atoms with Crippen LogP contribution in [-0.4, -0.2) is 33.3 Å². The van der Waals surface area contributed by atoms with Crippen molar-refractivity contribution >= 4 is 10.0 Å². The van der Waals surface area contributed by atoms with Crippen molar-refractivity contribution in [1.29, 1.82) is 0 Å². The molecule has 0 fully saturated rings. The Morgan fingerprint density at radius 2 is 2.14 bits per heavy atom. The number of sulfonamides is 1. The second-order valence-electron chi connectivity index (χ2n) is 3.22. The Morgan fingerprint density at radius 3 is 2.64 bits per heavy atom. The molecule has 0 amide bonds. The summed E-state index contributed by atoms with van der Waals surface area (Å²) in [6.45, 7) is 8.61. The van der Waals surface area contributed by atoms with Gasteiger partial charge >= 0.3 is 0 Å². The van der Waals surface area contributed by atoms with Crippen molar-refractivity contribution < 1.29 is 8.42 Å². The van der Waals surface area contributed by atoms with Crippen LogP contribution < -0.4 is 10.0 Å². The van der Waals surface area contributed by atoms with E-state index in [9.17, 15) is 8.42 Å². The SMILES string of the molecule is C=CCC(C)NS(=O)(=O)CCNCC. The van der Waals surface area contributed by atoms with Gasteiger partial charge in [0.15, 0.2) is 0 Å². The van der Waals surface area contributed by atoms with Crippen LogP contribution in [0, 0.1) is 0 Å². The second-order valence-corrected chi connectivity index (χ2v) is 5.09. The molecule has 2 N–H and O–H groups in total. The van der Waals surface area contributed by atoms with Crippen molar-refractivity contribution in [3.05, 3.63) is 12.7 Å². The summed E-state index contributed by atoms with van der Waals surface area (Å²) in [5.41, 5.74) is 0. The maximum absolute atomic E-state index is 11.4. The first-order chi connectivity index (χ1) is 6.52. The Hall–Kier alpha value is -0.390. The minimum Gasteiger partial charge on any atom is -0.316 e. The van der Waals surface area contributed by atoms with E-state index >= 15 is 0 Å². The van der Waals surface area contributed by atoms with Gasteiger partial charge in [-0.25, -0.2) is 13.1 Å². The molecule has 0 aromatic carbocycles. The van der Waals surface area contributed by atoms with Crippen LogP contribution in [0.3, 0.4) is 0 Å². The summed E-state index contributed by atoms with van der Waals surface area (Å²) in [6.07, 6.45) is 2.36. The first-order valence-corrected chi connectivity index (χ1v) is 6.48. The van der Waals surface area contributed by atoms with Crippen LogP contribution >= 0.6 is 0 Å². The highest BCUT2D eigenvalue weighted by atomic mass is 32.2. The lowest BCUT2D eigenvalue weighted by atomic mass is 10.3. The standard InChI is InChI=1S/C9H20N2O2S/c1-4-6-9(3)11-14(12,13)8-7-10-5-2/h4,9-11H,1,5-8H2,2-3H3. The van der Waals surface area contributed by atoms with Gasteiger partial charge in [-0.05, 0) is 19.9 Å². The van der Waals surface area contributed by atoms with E-state index < -0.39 is 10.0 Å². The molecule has 0 bridgehead atoms. The fourth-order valence-electron chi connectivity index (χ4n) is 1.05. The van der Waals surface area contributed by atoms with Gasteiger partial charge in [0.1, 0.15) is 0 Å². The molecule has 4 nitrogen and oxygen atoms in total. The molecule has 0 heterocycles. The summed E-state index contributed by atoms with van der Waals surface area (Å²) in [5, 5.41) is 2.97. The smallest absolute Gasteiger partial charge is 0.213 e. The molecule has 0 aliphatic heterocycles. The third kappa shape index (κ3) is 7.06. The molecule has 0 spiro atoms. The van der Waals surface area contributed by atoms with E-state index in [4.69, 9.17) is 0 Å². The Balaban J connectivity index is 3.88. The summed E-state index contributed by atoms with van der Waals surface area (Å²) in [6, 6.07) is -0.0703. The van der Waals surface area contributed by atoms with Crippen LogP contribution in [0.5, 0.6) is 0 Å². The minimum atomic E-state index is -3.14. The Labute approximate surface area is 86.8 Å². The first kappa shape index (κ1) is 13.6. The van der Waals surface area contributed by atoms with Gasteiger partial charge < -0.3 is 5.32 Å². The third-order valence-electron chi connectivity index (χ3n) is 1.70. The zero-order valence-corrected chi connectivity index (χ0v) is 9.73. The molecule has 0 aromatic heterocycles. The average Bonchev–Trinajstić information content (AvgIpc) is 2.03. The van der Waals surface area contributed by atoms with E-state index in [1.807, 2.05) is 13.8 Å². The van der Waals surface area contributed by atoms with Gasteiger partial charge in [0, 0.05) is 12.6 Å². The van der Waals surface area contributed by atoms with Crippen LogP contribution in [-0.2, 0) is 10.0 Å². The first-order valence-electron chi connectivity index (χ1n) is 4.83. The van der Waals surface area contributed by atoms with E-state index in [2.05, 4.69) is 16.6 Å². The largest absolute Gasteiger partial charge is 0.316 e. The molecule has 1 atom stereocenters. The van der Waals surface area contributed by atoms with Gasteiger partial charge in [0.05, 0.1) is 5.75 Å². The fraction of sp³-hybridized carbons (Fsp3) is 0.778. The monoisotopic (exact) mass is 220 g/mol. The molecule has 5 heteroatoms. The lowest BCUT2D eigenvalue weighted by Gasteiger charge is -2.12. The number of hydrogen-bond donors (Lipinski definition) is 2. The lowest BCUT2D eigenvalue weighted by Crippen LogP contribution is -2.37. The average molecular weight is 220 g/mol. The number of nitrogens with one attached hydrogen (secondary N) is 2. The molecular weight excluding hydrogens is 200 g/mol. The molecule has 0 saturated heterocycles. The maximum atomic E-state index is 11.4. The van der Waals surface area contributed by atoms with Crippen LogP contribution in [0.2, 0.25) is 0 Å². The van der Waals surface area contributed by atoms with Gasteiger partial charge in [-0.15, -0.1) is 6.58 Å². The zero-order valence-electron chi connectivity index (χ0n) is 8.91. The third-order valence-corrected chi connectivity index (χ3v) is 3.20. The molecule has 1 unspecified atom stereocenters. The zero-order chi connectivity index (χ0) is 11.0. The van der Waals surface area contributed by atoms with Gasteiger partial charge in [-0.2, -0.15) is 0 Å². The summed E-state index contributed by atoms with van der Waals surface area (Å²) >= 11 is 0. The molecule has 0 saturated carbocycles.